The number of aryl methyl sites for hydroxylation is 1. The van der Waals surface area contributed by atoms with E-state index in [-0.39, 0.29) is 5.97 Å². The Morgan fingerprint density at radius 1 is 1.53 bits per heavy atom. The van der Waals surface area contributed by atoms with Gasteiger partial charge in [-0.15, -0.1) is 11.3 Å². The number of nitrogens with zero attached hydrogens (tertiary/aromatic N) is 1. The zero-order chi connectivity index (χ0) is 12.3. The Labute approximate surface area is 109 Å². The number of thioether (sulfide) groups is 1. The lowest BCUT2D eigenvalue weighted by Crippen LogP contribution is -2.25. The van der Waals surface area contributed by atoms with Crippen LogP contribution < -0.4 is 0 Å². The van der Waals surface area contributed by atoms with Crippen molar-refractivity contribution in [2.24, 2.45) is 5.92 Å². The van der Waals surface area contributed by atoms with Crippen LogP contribution in [0.2, 0.25) is 0 Å². The minimum Gasteiger partial charge on any atom is -0.461 e. The quantitative estimate of drug-likeness (QED) is 0.769. The van der Waals surface area contributed by atoms with E-state index in [1.807, 2.05) is 18.7 Å². The minimum absolute atomic E-state index is 0.251. The van der Waals surface area contributed by atoms with Crippen LogP contribution in [0.25, 0.3) is 0 Å². The van der Waals surface area contributed by atoms with E-state index in [0.29, 0.717) is 24.0 Å². The van der Waals surface area contributed by atoms with Crippen molar-refractivity contribution < 1.29 is 14.3 Å². The summed E-state index contributed by atoms with van der Waals surface area (Å²) < 4.78 is 10.3. The number of hydrogen-bond donors (Lipinski definition) is 0. The summed E-state index contributed by atoms with van der Waals surface area (Å²) in [5, 5.41) is 0.816. The lowest BCUT2D eigenvalue weighted by atomic mass is 10.2. The van der Waals surface area contributed by atoms with Crippen LogP contribution in [0.5, 0.6) is 0 Å². The molecule has 1 fully saturated rings. The second-order valence-electron chi connectivity index (χ2n) is 3.96. The summed E-state index contributed by atoms with van der Waals surface area (Å²) in [7, 11) is 1.61. The summed E-state index contributed by atoms with van der Waals surface area (Å²) in [4.78, 5) is 16.7. The molecule has 2 rings (SSSR count). The second-order valence-corrected chi connectivity index (χ2v) is 6.12. The second kappa shape index (κ2) is 5.84. The first-order chi connectivity index (χ1) is 8.20. The fraction of sp³-hybridized carbons (Fsp3) is 0.636. The number of methoxy groups -OCH3 is 1. The van der Waals surface area contributed by atoms with Crippen molar-refractivity contribution >= 4 is 29.1 Å². The van der Waals surface area contributed by atoms with Gasteiger partial charge in [0, 0.05) is 24.5 Å². The molecule has 0 bridgehead atoms. The number of ether oxygens (including phenoxy) is 2. The first-order valence-corrected chi connectivity index (χ1v) is 7.38. The Bertz CT molecular complexity index is 401. The third kappa shape index (κ3) is 3.20. The molecule has 1 aliphatic rings. The predicted molar refractivity (Wildman–Crippen MR) is 68.7 cm³/mol. The Morgan fingerprint density at radius 2 is 2.29 bits per heavy atom. The van der Waals surface area contributed by atoms with Gasteiger partial charge in [-0.1, -0.05) is 0 Å². The molecule has 0 saturated carbocycles. The van der Waals surface area contributed by atoms with Gasteiger partial charge in [0.1, 0.15) is 9.88 Å². The van der Waals surface area contributed by atoms with Crippen molar-refractivity contribution in [3.05, 3.63) is 15.6 Å². The topological polar surface area (TPSA) is 48.4 Å². The van der Waals surface area contributed by atoms with Crippen LogP contribution in [0.1, 0.15) is 20.4 Å². The zero-order valence-electron chi connectivity index (χ0n) is 9.89. The van der Waals surface area contributed by atoms with E-state index >= 15 is 0 Å². The molecule has 0 spiro atoms. The maximum absolute atomic E-state index is 11.8. The largest absolute Gasteiger partial charge is 0.461 e. The molecule has 0 aromatic carbocycles. The van der Waals surface area contributed by atoms with Gasteiger partial charge >= 0.3 is 5.97 Å². The number of carbonyl (C=O) groups excluding carboxylic acids is 1. The van der Waals surface area contributed by atoms with Crippen LogP contribution in [0.15, 0.2) is 0 Å². The SMILES string of the molecule is COCc1nc(C)c(C(=O)OCC2CSC2)s1. The zero-order valence-corrected chi connectivity index (χ0v) is 11.5. The number of thiazole rings is 1. The van der Waals surface area contributed by atoms with Crippen molar-refractivity contribution in [2.45, 2.75) is 13.5 Å². The van der Waals surface area contributed by atoms with Crippen molar-refractivity contribution in [2.75, 3.05) is 25.2 Å². The van der Waals surface area contributed by atoms with Crippen LogP contribution in [-0.2, 0) is 16.1 Å². The van der Waals surface area contributed by atoms with Gasteiger partial charge in [-0.2, -0.15) is 11.8 Å². The molecule has 1 aliphatic heterocycles. The van der Waals surface area contributed by atoms with Crippen molar-refractivity contribution in [1.29, 1.82) is 0 Å². The smallest absolute Gasteiger partial charge is 0.350 e. The van der Waals surface area contributed by atoms with Crippen LogP contribution in [-0.4, -0.2) is 36.2 Å². The lowest BCUT2D eigenvalue weighted by molar-refractivity contribution is 0.0463. The Morgan fingerprint density at radius 3 is 2.88 bits per heavy atom. The standard InChI is InChI=1S/C11H15NO3S2/c1-7-10(17-9(12-7)4-14-2)11(13)15-3-8-5-16-6-8/h8H,3-6H2,1-2H3. The normalized spacial score (nSPS) is 15.6. The molecule has 0 unspecified atom stereocenters. The number of hydrogen-bond acceptors (Lipinski definition) is 6. The molecule has 4 nitrogen and oxygen atoms in total. The third-order valence-electron chi connectivity index (χ3n) is 2.45. The van der Waals surface area contributed by atoms with E-state index in [0.717, 1.165) is 22.2 Å². The summed E-state index contributed by atoms with van der Waals surface area (Å²) in [5.41, 5.74) is 0.732. The Kier molecular flexibility index (Phi) is 4.42. The minimum atomic E-state index is -0.251. The van der Waals surface area contributed by atoms with Crippen molar-refractivity contribution in [3.8, 4) is 0 Å². The summed E-state index contributed by atoms with van der Waals surface area (Å²) >= 11 is 3.24. The summed E-state index contributed by atoms with van der Waals surface area (Å²) in [6, 6.07) is 0. The molecule has 1 saturated heterocycles. The molecule has 0 atom stereocenters. The lowest BCUT2D eigenvalue weighted by Gasteiger charge is -2.23. The Hall–Kier alpha value is -0.590. The third-order valence-corrected chi connectivity index (χ3v) is 4.98. The van der Waals surface area contributed by atoms with Gasteiger partial charge in [0.25, 0.3) is 0 Å². The van der Waals surface area contributed by atoms with Gasteiger partial charge in [-0.25, -0.2) is 9.78 Å². The molecule has 0 amide bonds. The maximum Gasteiger partial charge on any atom is 0.350 e. The van der Waals surface area contributed by atoms with E-state index in [1.54, 1.807) is 7.11 Å². The summed E-state index contributed by atoms with van der Waals surface area (Å²) in [5.74, 6) is 2.49. The average Bonchev–Trinajstić information content (AvgIpc) is 2.57. The molecular weight excluding hydrogens is 258 g/mol. The molecule has 6 heteroatoms. The molecule has 0 radical (unpaired) electrons. The van der Waals surface area contributed by atoms with E-state index in [9.17, 15) is 4.79 Å². The first-order valence-electron chi connectivity index (χ1n) is 5.40. The van der Waals surface area contributed by atoms with Gasteiger partial charge in [0.05, 0.1) is 18.9 Å². The molecule has 94 valence electrons. The number of rotatable bonds is 5. The molecule has 0 N–H and O–H groups in total. The van der Waals surface area contributed by atoms with Gasteiger partial charge in [0.2, 0.25) is 0 Å². The van der Waals surface area contributed by atoms with Crippen LogP contribution in [0.4, 0.5) is 0 Å². The van der Waals surface area contributed by atoms with Crippen LogP contribution in [0.3, 0.4) is 0 Å². The van der Waals surface area contributed by atoms with Gasteiger partial charge in [-0.3, -0.25) is 0 Å². The molecule has 1 aromatic rings. The highest BCUT2D eigenvalue weighted by Gasteiger charge is 2.22. The number of aromatic nitrogens is 1. The molecule has 0 aliphatic carbocycles. The van der Waals surface area contributed by atoms with E-state index < -0.39 is 0 Å². The first kappa shape index (κ1) is 12.9. The van der Waals surface area contributed by atoms with Crippen molar-refractivity contribution in [3.63, 3.8) is 0 Å². The van der Waals surface area contributed by atoms with Crippen LogP contribution in [0, 0.1) is 12.8 Å². The molecular formula is C11H15NO3S2. The summed E-state index contributed by atoms with van der Waals surface area (Å²) in [6.07, 6.45) is 0. The number of esters is 1. The highest BCUT2D eigenvalue weighted by molar-refractivity contribution is 8.00. The average molecular weight is 273 g/mol. The molecule has 2 heterocycles. The highest BCUT2D eigenvalue weighted by atomic mass is 32.2. The van der Waals surface area contributed by atoms with Gasteiger partial charge < -0.3 is 9.47 Å². The van der Waals surface area contributed by atoms with E-state index in [1.165, 1.54) is 11.3 Å². The van der Waals surface area contributed by atoms with Gasteiger partial charge in [0.15, 0.2) is 0 Å². The van der Waals surface area contributed by atoms with Crippen molar-refractivity contribution in [1.82, 2.24) is 4.98 Å². The summed E-state index contributed by atoms with van der Waals surface area (Å²) in [6.45, 7) is 2.80. The fourth-order valence-corrected chi connectivity index (χ4v) is 3.16. The predicted octanol–water partition coefficient (Wildman–Crippen LogP) is 2.12. The monoisotopic (exact) mass is 273 g/mol. The Balaban J connectivity index is 1.92. The fourth-order valence-electron chi connectivity index (χ4n) is 1.47. The van der Waals surface area contributed by atoms with E-state index in [2.05, 4.69) is 4.98 Å². The van der Waals surface area contributed by atoms with Gasteiger partial charge in [-0.05, 0) is 6.92 Å². The molecule has 1 aromatic heterocycles. The number of carbonyl (C=O) groups is 1. The van der Waals surface area contributed by atoms with E-state index in [4.69, 9.17) is 9.47 Å². The maximum atomic E-state index is 11.8. The highest BCUT2D eigenvalue weighted by Crippen LogP contribution is 2.25. The van der Waals surface area contributed by atoms with Crippen LogP contribution >= 0.6 is 23.1 Å². The molecule has 17 heavy (non-hydrogen) atoms.